The van der Waals surface area contributed by atoms with E-state index in [1.807, 2.05) is 13.8 Å². The second-order valence-corrected chi connectivity index (χ2v) is 4.40. The molecule has 20 heavy (non-hydrogen) atoms. The van der Waals surface area contributed by atoms with Gasteiger partial charge in [-0.25, -0.2) is 0 Å². The molecule has 1 rings (SSSR count). The number of rotatable bonds is 8. The Morgan fingerprint density at radius 3 is 2.20 bits per heavy atom. The molecular weight excluding hydrogens is 258 g/mol. The molecule has 0 aliphatic carbocycles. The third kappa shape index (κ3) is 9.25. The van der Waals surface area contributed by atoms with Crippen molar-refractivity contribution < 1.29 is 14.3 Å². The smallest absolute Gasteiger partial charge is 0.233 e. The van der Waals surface area contributed by atoms with Crippen LogP contribution in [0.25, 0.3) is 0 Å². The van der Waals surface area contributed by atoms with Crippen LogP contribution in [0.3, 0.4) is 0 Å². The van der Waals surface area contributed by atoms with Gasteiger partial charge in [-0.2, -0.15) is 0 Å². The highest BCUT2D eigenvalue weighted by Gasteiger charge is 2.17. The van der Waals surface area contributed by atoms with Crippen LogP contribution in [0, 0.1) is 0 Å². The Labute approximate surface area is 123 Å². The lowest BCUT2D eigenvalue weighted by Gasteiger charge is -2.34. The van der Waals surface area contributed by atoms with Crippen molar-refractivity contribution in [1.29, 1.82) is 0 Å². The molecule has 0 aromatic carbocycles. The first-order valence-electron chi connectivity index (χ1n) is 7.48. The highest BCUT2D eigenvalue weighted by Crippen LogP contribution is 2.00. The number of hydrogen-bond acceptors (Lipinski definition) is 5. The van der Waals surface area contributed by atoms with E-state index in [-0.39, 0.29) is 5.91 Å². The molecule has 0 aromatic rings. The van der Waals surface area contributed by atoms with Crippen molar-refractivity contribution >= 4 is 5.91 Å². The molecule has 6 heteroatoms. The van der Waals surface area contributed by atoms with E-state index in [9.17, 15) is 4.79 Å². The van der Waals surface area contributed by atoms with E-state index in [1.54, 1.807) is 14.2 Å². The lowest BCUT2D eigenvalue weighted by molar-refractivity contribution is -0.122. The van der Waals surface area contributed by atoms with Crippen LogP contribution < -0.4 is 5.32 Å². The quantitative estimate of drug-likeness (QED) is 0.640. The standard InChI is InChI=1S/C12H25N3O3.C2H6/c1-13-12(16)11-15-5-3-14(4-6-15)7-8-18-10-9-17-2;1-2/h3-11H2,1-2H3,(H,13,16);1-2H3. The van der Waals surface area contributed by atoms with E-state index >= 15 is 0 Å². The molecule has 0 aromatic heterocycles. The predicted octanol–water partition coefficient (Wildman–Crippen LogP) is 0.0392. The van der Waals surface area contributed by atoms with Crippen LogP contribution in [-0.4, -0.2) is 89.0 Å². The minimum atomic E-state index is 0.0892. The van der Waals surface area contributed by atoms with Crippen molar-refractivity contribution in [3.8, 4) is 0 Å². The van der Waals surface area contributed by atoms with Gasteiger partial charge in [0.05, 0.1) is 26.4 Å². The van der Waals surface area contributed by atoms with Crippen LogP contribution in [0.5, 0.6) is 0 Å². The van der Waals surface area contributed by atoms with Crippen molar-refractivity contribution in [1.82, 2.24) is 15.1 Å². The number of methoxy groups -OCH3 is 1. The number of ether oxygens (including phenoxy) is 2. The maximum absolute atomic E-state index is 11.2. The Morgan fingerprint density at radius 2 is 1.65 bits per heavy atom. The Balaban J connectivity index is 0.00000172. The number of likely N-dealkylation sites (N-methyl/N-ethyl adjacent to an activating group) is 1. The lowest BCUT2D eigenvalue weighted by Crippen LogP contribution is -2.49. The summed E-state index contributed by atoms with van der Waals surface area (Å²) >= 11 is 0. The zero-order valence-corrected chi connectivity index (χ0v) is 13.5. The fourth-order valence-corrected chi connectivity index (χ4v) is 1.89. The van der Waals surface area contributed by atoms with Crippen molar-refractivity contribution in [2.24, 2.45) is 0 Å². The van der Waals surface area contributed by atoms with Gasteiger partial charge in [0.25, 0.3) is 0 Å². The summed E-state index contributed by atoms with van der Waals surface area (Å²) in [5.41, 5.74) is 0. The molecule has 1 heterocycles. The molecule has 0 saturated carbocycles. The van der Waals surface area contributed by atoms with E-state index in [2.05, 4.69) is 15.1 Å². The van der Waals surface area contributed by atoms with Gasteiger partial charge in [0.2, 0.25) is 5.91 Å². The van der Waals surface area contributed by atoms with Crippen LogP contribution in [0.2, 0.25) is 0 Å². The van der Waals surface area contributed by atoms with E-state index in [1.165, 1.54) is 0 Å². The van der Waals surface area contributed by atoms with Crippen LogP contribution in [0.4, 0.5) is 0 Å². The third-order valence-electron chi connectivity index (χ3n) is 3.09. The van der Waals surface area contributed by atoms with Crippen molar-refractivity contribution in [2.75, 3.05) is 73.2 Å². The molecular formula is C14H31N3O3. The highest BCUT2D eigenvalue weighted by molar-refractivity contribution is 5.77. The van der Waals surface area contributed by atoms with Gasteiger partial charge in [0.1, 0.15) is 0 Å². The first-order chi connectivity index (χ1) is 9.76. The fraction of sp³-hybridized carbons (Fsp3) is 0.929. The number of amides is 1. The first kappa shape index (κ1) is 19.3. The second kappa shape index (κ2) is 13.3. The molecule has 0 bridgehead atoms. The van der Waals surface area contributed by atoms with Gasteiger partial charge in [0.15, 0.2) is 0 Å². The molecule has 0 atom stereocenters. The zero-order chi connectivity index (χ0) is 15.2. The van der Waals surface area contributed by atoms with E-state index in [0.717, 1.165) is 39.3 Å². The van der Waals surface area contributed by atoms with Gasteiger partial charge in [-0.1, -0.05) is 13.8 Å². The fourth-order valence-electron chi connectivity index (χ4n) is 1.89. The van der Waals surface area contributed by atoms with Gasteiger partial charge in [-0.3, -0.25) is 14.6 Å². The maximum Gasteiger partial charge on any atom is 0.233 e. The average Bonchev–Trinajstić information content (AvgIpc) is 2.50. The second-order valence-electron chi connectivity index (χ2n) is 4.40. The van der Waals surface area contributed by atoms with Crippen molar-refractivity contribution in [3.05, 3.63) is 0 Å². The number of carbonyl (C=O) groups is 1. The summed E-state index contributed by atoms with van der Waals surface area (Å²) in [4.78, 5) is 15.8. The van der Waals surface area contributed by atoms with Crippen LogP contribution in [0.15, 0.2) is 0 Å². The largest absolute Gasteiger partial charge is 0.382 e. The minimum Gasteiger partial charge on any atom is -0.382 e. The SMILES string of the molecule is CC.CNC(=O)CN1CCN(CCOCCOC)CC1. The van der Waals surface area contributed by atoms with Crippen LogP contribution in [-0.2, 0) is 14.3 Å². The summed E-state index contributed by atoms with van der Waals surface area (Å²) in [6, 6.07) is 0. The monoisotopic (exact) mass is 289 g/mol. The third-order valence-corrected chi connectivity index (χ3v) is 3.09. The average molecular weight is 289 g/mol. The predicted molar refractivity (Wildman–Crippen MR) is 81.0 cm³/mol. The number of nitrogens with zero attached hydrogens (tertiary/aromatic N) is 2. The molecule has 1 aliphatic heterocycles. The summed E-state index contributed by atoms with van der Waals surface area (Å²) < 4.78 is 10.4. The van der Waals surface area contributed by atoms with Gasteiger partial charge >= 0.3 is 0 Å². The molecule has 1 aliphatic rings. The molecule has 1 N–H and O–H groups in total. The number of hydrogen-bond donors (Lipinski definition) is 1. The van der Waals surface area contributed by atoms with Crippen molar-refractivity contribution in [3.63, 3.8) is 0 Å². The van der Waals surface area contributed by atoms with Gasteiger partial charge < -0.3 is 14.8 Å². The maximum atomic E-state index is 11.2. The Bertz CT molecular complexity index is 232. The molecule has 120 valence electrons. The van der Waals surface area contributed by atoms with Gasteiger partial charge in [0, 0.05) is 46.9 Å². The number of nitrogens with one attached hydrogen (secondary N) is 1. The van der Waals surface area contributed by atoms with E-state index in [4.69, 9.17) is 9.47 Å². The van der Waals surface area contributed by atoms with Gasteiger partial charge in [-0.15, -0.1) is 0 Å². The zero-order valence-electron chi connectivity index (χ0n) is 13.5. The molecule has 1 saturated heterocycles. The molecule has 0 unspecified atom stereocenters. The van der Waals surface area contributed by atoms with Crippen LogP contribution >= 0.6 is 0 Å². The van der Waals surface area contributed by atoms with E-state index in [0.29, 0.717) is 19.8 Å². The Kier molecular flexibility index (Phi) is 12.8. The van der Waals surface area contributed by atoms with Crippen LogP contribution in [0.1, 0.15) is 13.8 Å². The molecule has 1 fully saturated rings. The summed E-state index contributed by atoms with van der Waals surface area (Å²) in [5, 5.41) is 2.65. The summed E-state index contributed by atoms with van der Waals surface area (Å²) in [7, 11) is 3.35. The number of piperazine rings is 1. The first-order valence-corrected chi connectivity index (χ1v) is 7.48. The Hall–Kier alpha value is -0.690. The molecule has 0 spiro atoms. The Morgan fingerprint density at radius 1 is 1.05 bits per heavy atom. The molecule has 1 amide bonds. The molecule has 6 nitrogen and oxygen atoms in total. The van der Waals surface area contributed by atoms with Crippen molar-refractivity contribution in [2.45, 2.75) is 13.8 Å². The highest BCUT2D eigenvalue weighted by atomic mass is 16.5. The lowest BCUT2D eigenvalue weighted by atomic mass is 10.3. The molecule has 0 radical (unpaired) electrons. The normalized spacial score (nSPS) is 16.4. The summed E-state index contributed by atoms with van der Waals surface area (Å²) in [6.45, 7) is 11.4. The number of carbonyl (C=O) groups excluding carboxylic acids is 1. The minimum absolute atomic E-state index is 0.0892. The summed E-state index contributed by atoms with van der Waals surface area (Å²) in [6.07, 6.45) is 0. The van der Waals surface area contributed by atoms with E-state index < -0.39 is 0 Å². The van der Waals surface area contributed by atoms with Gasteiger partial charge in [-0.05, 0) is 0 Å². The topological polar surface area (TPSA) is 54.0 Å². The summed E-state index contributed by atoms with van der Waals surface area (Å²) in [5.74, 6) is 0.0892.